The molecule has 0 aromatic heterocycles. The summed E-state index contributed by atoms with van der Waals surface area (Å²) >= 11 is -0.826. The van der Waals surface area contributed by atoms with E-state index >= 15 is 0 Å². The summed E-state index contributed by atoms with van der Waals surface area (Å²) in [6, 6.07) is 6.21. The Bertz CT molecular complexity index is 468. The third-order valence-electron chi connectivity index (χ3n) is 4.34. The number of rotatable bonds is 2. The molecule has 3 unspecified atom stereocenters. The average Bonchev–Trinajstić information content (AvgIpc) is 2.45. The molecule has 5 heteroatoms. The van der Waals surface area contributed by atoms with Crippen molar-refractivity contribution >= 4 is 23.2 Å². The Morgan fingerprint density at radius 3 is 2.62 bits per heavy atom. The molecule has 1 fully saturated rings. The maximum atomic E-state index is 9.95. The van der Waals surface area contributed by atoms with Crippen LogP contribution in [0.2, 0.25) is 0 Å². The monoisotopic (exact) mass is 405 g/mol. The van der Waals surface area contributed by atoms with Gasteiger partial charge in [-0.2, -0.15) is 0 Å². The summed E-state index contributed by atoms with van der Waals surface area (Å²) in [5.41, 5.74) is 1.74. The van der Waals surface area contributed by atoms with Crippen LogP contribution in [0.5, 0.6) is 5.75 Å². The molecule has 0 amide bonds. The van der Waals surface area contributed by atoms with Gasteiger partial charge in [0.15, 0.2) is 0 Å². The molecule has 0 aliphatic heterocycles. The van der Waals surface area contributed by atoms with E-state index in [9.17, 15) is 5.11 Å². The molecule has 1 aliphatic rings. The van der Waals surface area contributed by atoms with Crippen molar-refractivity contribution in [1.29, 1.82) is 0 Å². The SMILES string of the molecule is Cc1cccc(C=NC2CCCC(C)C2C)c1O.[Cl][Zr][Cl]. The predicted octanol–water partition coefficient (Wildman–Crippen LogP) is 5.32. The van der Waals surface area contributed by atoms with E-state index in [4.69, 9.17) is 22.0 Å². The van der Waals surface area contributed by atoms with Gasteiger partial charge >= 0.3 is 37.9 Å². The molecule has 0 radical (unpaired) electrons. The Labute approximate surface area is 146 Å². The van der Waals surface area contributed by atoms with Gasteiger partial charge in [-0.1, -0.05) is 38.8 Å². The van der Waals surface area contributed by atoms with Crippen molar-refractivity contribution in [3.63, 3.8) is 0 Å². The van der Waals surface area contributed by atoms with Crippen LogP contribution in [-0.4, -0.2) is 17.4 Å². The first kappa shape index (κ1) is 19.2. The van der Waals surface area contributed by atoms with E-state index in [2.05, 4.69) is 13.8 Å². The zero-order valence-corrected chi connectivity index (χ0v) is 16.8. The van der Waals surface area contributed by atoms with Gasteiger partial charge in [0.2, 0.25) is 0 Å². The molecule has 1 aromatic rings. The molecule has 1 aliphatic carbocycles. The van der Waals surface area contributed by atoms with Crippen LogP contribution in [0.4, 0.5) is 0 Å². The van der Waals surface area contributed by atoms with Gasteiger partial charge in [-0.15, -0.1) is 0 Å². The molecule has 116 valence electrons. The number of nitrogens with zero attached hydrogens (tertiary/aromatic N) is 1. The first-order valence-electron chi connectivity index (χ1n) is 7.29. The van der Waals surface area contributed by atoms with E-state index in [1.807, 2.05) is 31.3 Å². The van der Waals surface area contributed by atoms with E-state index in [1.54, 1.807) is 0 Å². The first-order valence-corrected chi connectivity index (χ1v) is 13.6. The van der Waals surface area contributed by atoms with Crippen LogP contribution in [-0.2, 0) is 20.8 Å². The van der Waals surface area contributed by atoms with Crippen LogP contribution in [0.1, 0.15) is 44.2 Å². The molecule has 21 heavy (non-hydrogen) atoms. The van der Waals surface area contributed by atoms with Gasteiger partial charge in [-0.25, -0.2) is 0 Å². The van der Waals surface area contributed by atoms with E-state index < -0.39 is 20.8 Å². The van der Waals surface area contributed by atoms with Gasteiger partial charge in [0.05, 0.1) is 6.04 Å². The molecule has 1 N–H and O–H groups in total. The number of benzene rings is 1. The maximum absolute atomic E-state index is 9.95. The molecule has 0 saturated heterocycles. The summed E-state index contributed by atoms with van der Waals surface area (Å²) in [5.74, 6) is 1.76. The molecule has 0 bridgehead atoms. The zero-order valence-electron chi connectivity index (χ0n) is 12.8. The van der Waals surface area contributed by atoms with Crippen LogP contribution in [0, 0.1) is 18.8 Å². The van der Waals surface area contributed by atoms with Gasteiger partial charge in [0.25, 0.3) is 0 Å². The topological polar surface area (TPSA) is 32.6 Å². The van der Waals surface area contributed by atoms with Crippen LogP contribution in [0.15, 0.2) is 23.2 Å². The molecule has 0 heterocycles. The second-order valence-corrected chi connectivity index (χ2v) is 9.43. The number of aromatic hydroxyl groups is 1. The zero-order chi connectivity index (χ0) is 15.8. The summed E-state index contributed by atoms with van der Waals surface area (Å²) in [7, 11) is 9.87. The van der Waals surface area contributed by atoms with Gasteiger partial charge < -0.3 is 5.11 Å². The molecule has 1 saturated carbocycles. The third-order valence-corrected chi connectivity index (χ3v) is 4.34. The van der Waals surface area contributed by atoms with E-state index in [1.165, 1.54) is 19.3 Å². The van der Waals surface area contributed by atoms with Gasteiger partial charge in [0.1, 0.15) is 5.75 Å². The van der Waals surface area contributed by atoms with Crippen LogP contribution in [0.25, 0.3) is 0 Å². The van der Waals surface area contributed by atoms with E-state index in [0.29, 0.717) is 17.7 Å². The molecular formula is C16H23Cl2NOZr. The summed E-state index contributed by atoms with van der Waals surface area (Å²) in [6.07, 6.45) is 5.62. The number of halogens is 2. The number of para-hydroxylation sites is 1. The van der Waals surface area contributed by atoms with Crippen LogP contribution >= 0.6 is 17.0 Å². The van der Waals surface area contributed by atoms with E-state index in [0.717, 1.165) is 17.0 Å². The number of aliphatic imine (C=N–C) groups is 1. The fourth-order valence-electron chi connectivity index (χ4n) is 2.73. The quantitative estimate of drug-likeness (QED) is 0.661. The summed E-state index contributed by atoms with van der Waals surface area (Å²) in [6.45, 7) is 6.52. The predicted molar refractivity (Wildman–Crippen MR) is 88.1 cm³/mol. The second kappa shape index (κ2) is 10.0. The van der Waals surface area contributed by atoms with Gasteiger partial charge in [0, 0.05) is 11.8 Å². The molecule has 1 aromatic carbocycles. The summed E-state index contributed by atoms with van der Waals surface area (Å²) in [5, 5.41) is 9.95. The van der Waals surface area contributed by atoms with Crippen molar-refractivity contribution in [2.45, 2.75) is 46.1 Å². The minimum atomic E-state index is -0.826. The van der Waals surface area contributed by atoms with Crippen LogP contribution < -0.4 is 0 Å². The average molecular weight is 407 g/mol. The van der Waals surface area contributed by atoms with Crippen molar-refractivity contribution in [3.8, 4) is 5.75 Å². The molecule has 2 rings (SSSR count). The molecule has 3 atom stereocenters. The van der Waals surface area contributed by atoms with Gasteiger partial charge in [-0.05, 0) is 36.8 Å². The Kier molecular flexibility index (Phi) is 9.17. The Morgan fingerprint density at radius 1 is 1.29 bits per heavy atom. The van der Waals surface area contributed by atoms with Crippen molar-refractivity contribution in [3.05, 3.63) is 29.3 Å². The molecular weight excluding hydrogens is 384 g/mol. The standard InChI is InChI=1S/C16H23NO.2ClH.Zr/c1-11-6-5-9-15(13(11)3)17-10-14-8-4-7-12(2)16(14)18;;;/h4,7-8,10-11,13,15,18H,5-6,9H2,1-3H3;2*1H;/q;;;+2/p-2. The molecule has 0 spiro atoms. The third kappa shape index (κ3) is 6.04. The summed E-state index contributed by atoms with van der Waals surface area (Å²) in [4.78, 5) is 4.70. The van der Waals surface area contributed by atoms with Crippen LogP contribution in [0.3, 0.4) is 0 Å². The van der Waals surface area contributed by atoms with Gasteiger partial charge in [-0.3, -0.25) is 4.99 Å². The Hall–Kier alpha value is 0.153. The number of phenols is 1. The fourth-order valence-corrected chi connectivity index (χ4v) is 2.73. The number of hydrogen-bond acceptors (Lipinski definition) is 2. The fraction of sp³-hybridized carbons (Fsp3) is 0.562. The second-order valence-electron chi connectivity index (χ2n) is 5.70. The number of hydrogen-bond donors (Lipinski definition) is 1. The number of phenolic OH excluding ortho intramolecular Hbond substituents is 1. The number of aryl methyl sites for hydroxylation is 1. The van der Waals surface area contributed by atoms with Crippen molar-refractivity contribution < 1.29 is 26.0 Å². The van der Waals surface area contributed by atoms with Crippen molar-refractivity contribution in [2.24, 2.45) is 16.8 Å². The Balaban J connectivity index is 0.000000677. The first-order chi connectivity index (χ1) is 10.0. The Morgan fingerprint density at radius 2 is 1.95 bits per heavy atom. The molecule has 2 nitrogen and oxygen atoms in total. The normalized spacial score (nSPS) is 25.3. The van der Waals surface area contributed by atoms with Crippen molar-refractivity contribution in [1.82, 2.24) is 0 Å². The van der Waals surface area contributed by atoms with E-state index in [-0.39, 0.29) is 0 Å². The van der Waals surface area contributed by atoms with Crippen molar-refractivity contribution in [2.75, 3.05) is 0 Å². The minimum absolute atomic E-state index is 0.359. The summed E-state index contributed by atoms with van der Waals surface area (Å²) < 4.78 is 0.